The molecule has 0 radical (unpaired) electrons. The van der Waals surface area contributed by atoms with Crippen molar-refractivity contribution in [3.05, 3.63) is 60.7 Å². The Bertz CT molecular complexity index is 1260. The van der Waals surface area contributed by atoms with Crippen LogP contribution >= 0.6 is 11.9 Å². The molecule has 9 heteroatoms. The van der Waals surface area contributed by atoms with Gasteiger partial charge in [-0.25, -0.2) is 9.29 Å². The lowest BCUT2D eigenvalue weighted by Gasteiger charge is -2.48. The highest BCUT2D eigenvalue weighted by molar-refractivity contribution is 7.97. The molecular weight excluding hydrogens is 444 g/mol. The summed E-state index contributed by atoms with van der Waals surface area (Å²) in [6.07, 6.45) is 11.6. The summed E-state index contributed by atoms with van der Waals surface area (Å²) in [4.78, 5) is 15.0. The van der Waals surface area contributed by atoms with Crippen molar-refractivity contribution >= 4 is 40.3 Å². The normalized spacial score (nSPS) is 22.6. The Morgan fingerprint density at radius 3 is 2.68 bits per heavy atom. The second-order valence-corrected chi connectivity index (χ2v) is 10.3. The predicted molar refractivity (Wildman–Crippen MR) is 136 cm³/mol. The number of aryl methyl sites for hydroxylation is 1. The van der Waals surface area contributed by atoms with Crippen LogP contribution < -0.4 is 10.6 Å². The highest BCUT2D eigenvalue weighted by Gasteiger charge is 2.39. The molecule has 2 fully saturated rings. The van der Waals surface area contributed by atoms with Gasteiger partial charge >= 0.3 is 0 Å². The molecule has 2 bridgehead atoms. The lowest BCUT2D eigenvalue weighted by atomic mass is 9.84. The molecule has 34 heavy (non-hydrogen) atoms. The molecule has 0 amide bonds. The zero-order chi connectivity index (χ0) is 22.9. The van der Waals surface area contributed by atoms with Crippen LogP contribution in [0.2, 0.25) is 0 Å². The summed E-state index contributed by atoms with van der Waals surface area (Å²) in [5.74, 6) is 2.38. The van der Waals surface area contributed by atoms with Crippen molar-refractivity contribution in [1.82, 2.24) is 29.5 Å². The van der Waals surface area contributed by atoms with Crippen LogP contribution in [0, 0.1) is 6.92 Å². The smallest absolute Gasteiger partial charge is 0.153 e. The molecular formula is C25H28N8S. The molecule has 6 rings (SSSR count). The fourth-order valence-corrected chi connectivity index (χ4v) is 6.36. The van der Waals surface area contributed by atoms with Gasteiger partial charge in [-0.1, -0.05) is 6.42 Å². The lowest BCUT2D eigenvalue weighted by molar-refractivity contribution is 0.128. The van der Waals surface area contributed by atoms with E-state index >= 15 is 0 Å². The monoisotopic (exact) mass is 472 g/mol. The second kappa shape index (κ2) is 9.23. The number of fused-ring (bicyclic) bond motifs is 3. The Labute approximate surface area is 203 Å². The fraction of sp³-hybridized carbons (Fsp3) is 0.360. The van der Waals surface area contributed by atoms with Crippen LogP contribution in [0.25, 0.3) is 10.9 Å². The van der Waals surface area contributed by atoms with Gasteiger partial charge in [-0.2, -0.15) is 5.10 Å². The molecule has 2 saturated heterocycles. The van der Waals surface area contributed by atoms with Gasteiger partial charge < -0.3 is 10.6 Å². The maximum Gasteiger partial charge on any atom is 0.153 e. The summed E-state index contributed by atoms with van der Waals surface area (Å²) in [6, 6.07) is 13.7. The molecule has 0 aliphatic carbocycles. The molecule has 4 aromatic heterocycles. The van der Waals surface area contributed by atoms with E-state index in [-0.39, 0.29) is 0 Å². The number of aromatic nitrogens is 5. The van der Waals surface area contributed by atoms with Crippen molar-refractivity contribution in [3.63, 3.8) is 0 Å². The molecule has 2 unspecified atom stereocenters. The number of nitrogens with one attached hydrogen (secondary N) is 3. The van der Waals surface area contributed by atoms with E-state index in [9.17, 15) is 0 Å². The summed E-state index contributed by atoms with van der Waals surface area (Å²) in [5.41, 5.74) is 1.92. The van der Waals surface area contributed by atoms with Gasteiger partial charge in [-0.15, -0.1) is 0 Å². The van der Waals surface area contributed by atoms with E-state index in [4.69, 9.17) is 4.98 Å². The van der Waals surface area contributed by atoms with Gasteiger partial charge in [0.2, 0.25) is 0 Å². The largest absolute Gasteiger partial charge is 0.367 e. The van der Waals surface area contributed by atoms with Crippen molar-refractivity contribution in [3.8, 4) is 0 Å². The average Bonchev–Trinajstić information content (AvgIpc) is 3.24. The van der Waals surface area contributed by atoms with Crippen molar-refractivity contribution in [2.24, 2.45) is 0 Å². The molecule has 3 atom stereocenters. The van der Waals surface area contributed by atoms with E-state index < -0.39 is 0 Å². The number of rotatable bonds is 6. The molecule has 2 aliphatic rings. The average molecular weight is 473 g/mol. The maximum absolute atomic E-state index is 4.94. The Balaban J connectivity index is 1.23. The number of anilines is 3. The van der Waals surface area contributed by atoms with E-state index in [2.05, 4.69) is 47.2 Å². The van der Waals surface area contributed by atoms with Crippen LogP contribution in [0.4, 0.5) is 17.5 Å². The summed E-state index contributed by atoms with van der Waals surface area (Å²) in [6.45, 7) is 1.98. The second-order valence-electron chi connectivity index (χ2n) is 9.18. The first-order chi connectivity index (χ1) is 16.7. The van der Waals surface area contributed by atoms with Gasteiger partial charge in [-0.3, -0.25) is 15.1 Å². The molecule has 8 nitrogen and oxygen atoms in total. The third kappa shape index (κ3) is 4.45. The molecule has 0 saturated carbocycles. The quantitative estimate of drug-likeness (QED) is 0.325. The van der Waals surface area contributed by atoms with E-state index in [1.54, 1.807) is 0 Å². The number of hydrogen-bond acceptors (Lipinski definition) is 8. The minimum absolute atomic E-state index is 0.375. The van der Waals surface area contributed by atoms with E-state index in [1.807, 2.05) is 61.7 Å². The number of pyridine rings is 3. The first-order valence-corrected chi connectivity index (χ1v) is 12.7. The first-order valence-electron chi connectivity index (χ1n) is 11.9. The minimum atomic E-state index is 0.375. The molecule has 2 aliphatic heterocycles. The van der Waals surface area contributed by atoms with Crippen LogP contribution in [-0.4, -0.2) is 47.6 Å². The van der Waals surface area contributed by atoms with Crippen molar-refractivity contribution in [1.29, 1.82) is 0 Å². The summed E-state index contributed by atoms with van der Waals surface area (Å²) in [5, 5.41) is 15.4. The molecule has 6 heterocycles. The number of nitrogens with zero attached hydrogens (tertiary/aromatic N) is 5. The van der Waals surface area contributed by atoms with Crippen LogP contribution in [-0.2, 0) is 0 Å². The standard InChI is InChI=1S/C25H28N8S/c1-16-11-24(32-31-16)29-23-14-22-21(8-4-10-27-22)25(30-23)28-17-12-18-5-2-6-19(13-17)33(18)34-20-7-3-9-26-15-20/h3-4,7-11,14-15,17-19H,2,5-6,12-13H2,1H3,(H3,28,29,30,31,32)/t17?,18-,19?/m0/s1. The van der Waals surface area contributed by atoms with Gasteiger partial charge in [0.25, 0.3) is 0 Å². The van der Waals surface area contributed by atoms with Crippen molar-refractivity contribution in [2.75, 3.05) is 10.6 Å². The Morgan fingerprint density at radius 1 is 1.06 bits per heavy atom. The lowest BCUT2D eigenvalue weighted by Crippen LogP contribution is -2.51. The molecule has 3 N–H and O–H groups in total. The van der Waals surface area contributed by atoms with Gasteiger partial charge in [0.1, 0.15) is 11.6 Å². The Kier molecular flexibility index (Phi) is 5.80. The van der Waals surface area contributed by atoms with E-state index in [0.29, 0.717) is 18.1 Å². The minimum Gasteiger partial charge on any atom is -0.367 e. The van der Waals surface area contributed by atoms with Crippen LogP contribution in [0.15, 0.2) is 59.9 Å². The predicted octanol–water partition coefficient (Wildman–Crippen LogP) is 5.30. The zero-order valence-corrected chi connectivity index (χ0v) is 19.9. The maximum atomic E-state index is 4.94. The van der Waals surface area contributed by atoms with E-state index in [1.165, 1.54) is 24.2 Å². The van der Waals surface area contributed by atoms with Gasteiger partial charge in [-0.05, 0) is 68.8 Å². The SMILES string of the molecule is Cc1cc(Nc2cc3ncccc3c(NC3CC4CCC[C@@H](C3)N4Sc3cccnc3)n2)n[nH]1. The first kappa shape index (κ1) is 21.4. The number of aromatic amines is 1. The van der Waals surface area contributed by atoms with Gasteiger partial charge in [0.05, 0.1) is 5.52 Å². The van der Waals surface area contributed by atoms with E-state index in [0.717, 1.165) is 46.9 Å². The molecule has 0 spiro atoms. The number of hydrogen-bond donors (Lipinski definition) is 3. The zero-order valence-electron chi connectivity index (χ0n) is 19.1. The summed E-state index contributed by atoms with van der Waals surface area (Å²) >= 11 is 1.87. The van der Waals surface area contributed by atoms with Crippen molar-refractivity contribution in [2.45, 2.75) is 62.0 Å². The summed E-state index contributed by atoms with van der Waals surface area (Å²) in [7, 11) is 0. The Morgan fingerprint density at radius 2 is 1.91 bits per heavy atom. The third-order valence-corrected chi connectivity index (χ3v) is 7.91. The number of piperidine rings is 2. The fourth-order valence-electron chi connectivity index (χ4n) is 5.18. The summed E-state index contributed by atoms with van der Waals surface area (Å²) < 4.78 is 2.63. The third-order valence-electron chi connectivity index (χ3n) is 6.66. The molecule has 4 aromatic rings. The molecule has 174 valence electrons. The van der Waals surface area contributed by atoms with Gasteiger partial charge in [0, 0.05) is 64.8 Å². The van der Waals surface area contributed by atoms with Crippen molar-refractivity contribution < 1.29 is 0 Å². The van der Waals surface area contributed by atoms with Crippen LogP contribution in [0.1, 0.15) is 37.8 Å². The van der Waals surface area contributed by atoms with Crippen LogP contribution in [0.3, 0.4) is 0 Å². The van der Waals surface area contributed by atoms with Gasteiger partial charge in [0.15, 0.2) is 5.82 Å². The number of H-pyrrole nitrogens is 1. The molecule has 0 aromatic carbocycles. The highest BCUT2D eigenvalue weighted by atomic mass is 32.2. The topological polar surface area (TPSA) is 94.7 Å². The van der Waals surface area contributed by atoms with Crippen LogP contribution in [0.5, 0.6) is 0 Å². The Hall–Kier alpha value is -3.17. The highest BCUT2D eigenvalue weighted by Crippen LogP contribution is 2.42.